The van der Waals surface area contributed by atoms with Crippen LogP contribution in [0.25, 0.3) is 27.5 Å². The third-order valence-corrected chi connectivity index (χ3v) is 6.05. The van der Waals surface area contributed by atoms with Crippen molar-refractivity contribution in [2.24, 2.45) is 0 Å². The lowest BCUT2D eigenvalue weighted by Crippen LogP contribution is -2.27. The Hall–Kier alpha value is -4.52. The minimum atomic E-state index is -0.406. The zero-order valence-electron chi connectivity index (χ0n) is 19.0. The largest absolute Gasteiger partial charge is 0.360 e. The van der Waals surface area contributed by atoms with Crippen molar-refractivity contribution < 1.29 is 9.59 Å². The van der Waals surface area contributed by atoms with E-state index in [1.807, 2.05) is 47.9 Å². The van der Waals surface area contributed by atoms with Crippen LogP contribution < -0.4 is 5.43 Å². The average Bonchev–Trinajstić information content (AvgIpc) is 3.15. The van der Waals surface area contributed by atoms with Crippen molar-refractivity contribution in [1.29, 1.82) is 0 Å². The highest BCUT2D eigenvalue weighted by atomic mass is 16.2. The van der Waals surface area contributed by atoms with Crippen LogP contribution in [0.5, 0.6) is 0 Å². The number of carbonyl (C=O) groups is 2. The first-order valence-corrected chi connectivity index (χ1v) is 10.8. The highest BCUT2D eigenvalue weighted by Crippen LogP contribution is 2.33. The Bertz CT molecular complexity index is 1650. The van der Waals surface area contributed by atoms with Crippen LogP contribution in [0.15, 0.2) is 78.1 Å². The van der Waals surface area contributed by atoms with Crippen molar-refractivity contribution in [1.82, 2.24) is 19.3 Å². The maximum absolute atomic E-state index is 13.8. The summed E-state index contributed by atoms with van der Waals surface area (Å²) in [6.07, 6.45) is 6.73. The van der Waals surface area contributed by atoms with E-state index in [2.05, 4.69) is 9.97 Å². The standard InChI is InChI=1S/C27H22N4O3/c1-16-23(17-9-11-28-12-10-17)22-6-4-5-13-31(22)24(16)25(32)18-7-8-21-19(14-18)26(33)20(15-29-21)27(34)30(2)3/h4-15H,1-3H3,(H,29,33). The molecule has 0 radical (unpaired) electrons. The number of H-pyrrole nitrogens is 1. The third kappa shape index (κ3) is 3.29. The van der Waals surface area contributed by atoms with Gasteiger partial charge in [0.05, 0.1) is 11.2 Å². The molecule has 1 amide bonds. The molecule has 168 valence electrons. The number of amides is 1. The van der Waals surface area contributed by atoms with Gasteiger partial charge in [-0.2, -0.15) is 0 Å². The number of nitrogens with one attached hydrogen (secondary N) is 1. The van der Waals surface area contributed by atoms with Gasteiger partial charge in [-0.05, 0) is 60.5 Å². The lowest BCUT2D eigenvalue weighted by molar-refractivity contribution is 0.0826. The summed E-state index contributed by atoms with van der Waals surface area (Å²) in [7, 11) is 3.18. The van der Waals surface area contributed by atoms with E-state index in [-0.39, 0.29) is 11.3 Å². The molecule has 34 heavy (non-hydrogen) atoms. The van der Waals surface area contributed by atoms with E-state index < -0.39 is 11.3 Å². The lowest BCUT2D eigenvalue weighted by atomic mass is 9.99. The number of aromatic nitrogens is 3. The smallest absolute Gasteiger partial charge is 0.258 e. The fourth-order valence-electron chi connectivity index (χ4n) is 4.39. The summed E-state index contributed by atoms with van der Waals surface area (Å²) in [4.78, 5) is 47.7. The van der Waals surface area contributed by atoms with Crippen LogP contribution in [0.1, 0.15) is 32.0 Å². The molecular weight excluding hydrogens is 428 g/mol. The fourth-order valence-corrected chi connectivity index (χ4v) is 4.39. The van der Waals surface area contributed by atoms with Crippen LogP contribution in [0.2, 0.25) is 0 Å². The van der Waals surface area contributed by atoms with Crippen LogP contribution in [-0.2, 0) is 0 Å². The molecule has 4 aromatic heterocycles. The summed E-state index contributed by atoms with van der Waals surface area (Å²) in [6.45, 7) is 1.93. The van der Waals surface area contributed by atoms with Gasteiger partial charge in [0.15, 0.2) is 0 Å². The number of aromatic amines is 1. The van der Waals surface area contributed by atoms with E-state index in [1.165, 1.54) is 11.1 Å². The summed E-state index contributed by atoms with van der Waals surface area (Å²) >= 11 is 0. The normalized spacial score (nSPS) is 11.1. The average molecular weight is 450 g/mol. The van der Waals surface area contributed by atoms with Gasteiger partial charge in [-0.15, -0.1) is 0 Å². The molecule has 7 nitrogen and oxygen atoms in total. The van der Waals surface area contributed by atoms with E-state index in [4.69, 9.17) is 0 Å². The molecule has 0 aliphatic heterocycles. The Morgan fingerprint density at radius 1 is 1.03 bits per heavy atom. The quantitative estimate of drug-likeness (QED) is 0.418. The zero-order chi connectivity index (χ0) is 24.0. The molecule has 0 aliphatic carbocycles. The molecule has 4 heterocycles. The topological polar surface area (TPSA) is 87.5 Å². The molecule has 0 saturated carbocycles. The van der Waals surface area contributed by atoms with Crippen LogP contribution in [0, 0.1) is 6.92 Å². The van der Waals surface area contributed by atoms with E-state index >= 15 is 0 Å². The number of pyridine rings is 3. The summed E-state index contributed by atoms with van der Waals surface area (Å²) in [5.41, 5.74) is 4.77. The number of ketones is 1. The Kier molecular flexibility index (Phi) is 5.09. The molecule has 5 aromatic rings. The second-order valence-electron chi connectivity index (χ2n) is 8.36. The highest BCUT2D eigenvalue weighted by Gasteiger charge is 2.23. The van der Waals surface area contributed by atoms with Crippen LogP contribution in [0.4, 0.5) is 0 Å². The number of fused-ring (bicyclic) bond motifs is 2. The SMILES string of the molecule is Cc1c(-c2ccncc2)c2ccccn2c1C(=O)c1ccc2[nH]cc(C(=O)N(C)C)c(=O)c2c1. The van der Waals surface area contributed by atoms with Crippen LogP contribution in [-0.4, -0.2) is 45.1 Å². The molecule has 0 spiro atoms. The predicted molar refractivity (Wildman–Crippen MR) is 131 cm³/mol. The molecule has 1 aromatic carbocycles. The molecular formula is C27H22N4O3. The van der Waals surface area contributed by atoms with Gasteiger partial charge in [0, 0.05) is 60.9 Å². The van der Waals surface area contributed by atoms with E-state index in [9.17, 15) is 14.4 Å². The van der Waals surface area contributed by atoms with Crippen molar-refractivity contribution in [3.8, 4) is 11.1 Å². The first-order valence-electron chi connectivity index (χ1n) is 10.8. The predicted octanol–water partition coefficient (Wildman–Crippen LogP) is 4.08. The van der Waals surface area contributed by atoms with Crippen molar-refractivity contribution in [3.63, 3.8) is 0 Å². The first-order chi connectivity index (χ1) is 16.4. The molecule has 1 N–H and O–H groups in total. The van der Waals surface area contributed by atoms with Crippen molar-refractivity contribution in [2.45, 2.75) is 6.92 Å². The minimum absolute atomic E-state index is 0.0337. The van der Waals surface area contributed by atoms with E-state index in [0.717, 1.165) is 22.2 Å². The minimum Gasteiger partial charge on any atom is -0.360 e. The van der Waals surface area contributed by atoms with E-state index in [0.29, 0.717) is 22.2 Å². The van der Waals surface area contributed by atoms with Crippen molar-refractivity contribution >= 4 is 28.1 Å². The Labute approximate surface area is 195 Å². The highest BCUT2D eigenvalue weighted by molar-refractivity contribution is 6.13. The number of nitrogens with zero attached hydrogens (tertiary/aromatic N) is 3. The second-order valence-corrected chi connectivity index (χ2v) is 8.36. The van der Waals surface area contributed by atoms with Gasteiger partial charge in [-0.25, -0.2) is 0 Å². The first kappa shape index (κ1) is 21.3. The third-order valence-electron chi connectivity index (χ3n) is 6.05. The molecule has 0 saturated heterocycles. The molecule has 0 fully saturated rings. The van der Waals surface area contributed by atoms with Gasteiger partial charge >= 0.3 is 0 Å². The fraction of sp³-hybridized carbons (Fsp3) is 0.111. The van der Waals surface area contributed by atoms with Gasteiger partial charge in [0.2, 0.25) is 11.2 Å². The molecule has 5 rings (SSSR count). The molecule has 7 heteroatoms. The van der Waals surface area contributed by atoms with Crippen molar-refractivity contribution in [2.75, 3.05) is 14.1 Å². The van der Waals surface area contributed by atoms with Gasteiger partial charge in [-0.1, -0.05) is 6.07 Å². The number of benzene rings is 1. The lowest BCUT2D eigenvalue weighted by Gasteiger charge is -2.10. The van der Waals surface area contributed by atoms with Gasteiger partial charge in [-0.3, -0.25) is 19.4 Å². The summed E-state index contributed by atoms with van der Waals surface area (Å²) < 4.78 is 1.88. The number of carbonyl (C=O) groups excluding carboxylic acids is 2. The molecule has 0 unspecified atom stereocenters. The molecule has 0 atom stereocenters. The maximum atomic E-state index is 13.8. The summed E-state index contributed by atoms with van der Waals surface area (Å²) in [5, 5.41) is 0.298. The second kappa shape index (κ2) is 8.12. The van der Waals surface area contributed by atoms with Crippen molar-refractivity contribution in [3.05, 3.63) is 106 Å². The van der Waals surface area contributed by atoms with Gasteiger partial charge < -0.3 is 14.3 Å². The Morgan fingerprint density at radius 3 is 2.53 bits per heavy atom. The number of rotatable bonds is 4. The Balaban J connectivity index is 1.70. The molecule has 0 aliphatic rings. The van der Waals surface area contributed by atoms with Gasteiger partial charge in [0.25, 0.3) is 5.91 Å². The Morgan fingerprint density at radius 2 is 1.79 bits per heavy atom. The summed E-state index contributed by atoms with van der Waals surface area (Å²) in [5.74, 6) is -0.597. The zero-order valence-corrected chi connectivity index (χ0v) is 19.0. The monoisotopic (exact) mass is 450 g/mol. The number of hydrogen-bond donors (Lipinski definition) is 1. The van der Waals surface area contributed by atoms with Gasteiger partial charge in [0.1, 0.15) is 5.56 Å². The van der Waals surface area contributed by atoms with E-state index in [1.54, 1.807) is 44.7 Å². The van der Waals surface area contributed by atoms with Crippen LogP contribution >= 0.6 is 0 Å². The maximum Gasteiger partial charge on any atom is 0.258 e. The summed E-state index contributed by atoms with van der Waals surface area (Å²) in [6, 6.07) is 14.6. The van der Waals surface area contributed by atoms with Crippen LogP contribution in [0.3, 0.4) is 0 Å². The molecule has 0 bridgehead atoms. The number of hydrogen-bond acceptors (Lipinski definition) is 4.